The fourth-order valence-corrected chi connectivity index (χ4v) is 1.64. The summed E-state index contributed by atoms with van der Waals surface area (Å²) in [6, 6.07) is 13.6. The monoisotopic (exact) mass is 258 g/mol. The molecule has 0 atom stereocenters. The molecule has 4 nitrogen and oxygen atoms in total. The number of hydrogen-bond acceptors (Lipinski definition) is 4. The molecule has 2 aromatic rings. The van der Waals surface area contributed by atoms with Crippen LogP contribution in [0.4, 0.5) is 0 Å². The molecule has 98 valence electrons. The molecule has 0 unspecified atom stereocenters. The summed E-state index contributed by atoms with van der Waals surface area (Å²) >= 11 is 0. The van der Waals surface area contributed by atoms with Crippen LogP contribution < -0.4 is 4.74 Å². The largest absolute Gasteiger partial charge is 0.508 e. The van der Waals surface area contributed by atoms with Crippen LogP contribution in [0, 0.1) is 0 Å². The zero-order valence-electron chi connectivity index (χ0n) is 10.5. The summed E-state index contributed by atoms with van der Waals surface area (Å²) in [5.41, 5.74) is 1.29. The lowest BCUT2D eigenvalue weighted by molar-refractivity contribution is 0.0600. The number of ether oxygens (including phenoxy) is 2. The smallest absolute Gasteiger partial charge is 0.337 e. The van der Waals surface area contributed by atoms with E-state index in [9.17, 15) is 9.90 Å². The van der Waals surface area contributed by atoms with Crippen molar-refractivity contribution in [3.8, 4) is 11.5 Å². The van der Waals surface area contributed by atoms with Crippen LogP contribution in [-0.2, 0) is 11.3 Å². The first-order chi connectivity index (χ1) is 9.19. The zero-order chi connectivity index (χ0) is 13.7. The van der Waals surface area contributed by atoms with Crippen molar-refractivity contribution in [3.63, 3.8) is 0 Å². The Morgan fingerprint density at radius 1 is 1.16 bits per heavy atom. The molecule has 4 heteroatoms. The standard InChI is InChI=1S/C15H14O4/c1-18-15(17)12-5-3-7-14(9-12)19-10-11-4-2-6-13(16)8-11/h2-9,16H,10H2,1H3. The maximum atomic E-state index is 11.4. The highest BCUT2D eigenvalue weighted by Crippen LogP contribution is 2.17. The molecule has 19 heavy (non-hydrogen) atoms. The summed E-state index contributed by atoms with van der Waals surface area (Å²) < 4.78 is 10.2. The van der Waals surface area contributed by atoms with Crippen molar-refractivity contribution >= 4 is 5.97 Å². The zero-order valence-corrected chi connectivity index (χ0v) is 10.5. The third-order valence-corrected chi connectivity index (χ3v) is 2.57. The maximum Gasteiger partial charge on any atom is 0.337 e. The van der Waals surface area contributed by atoms with E-state index in [0.717, 1.165) is 5.56 Å². The Morgan fingerprint density at radius 3 is 2.68 bits per heavy atom. The van der Waals surface area contributed by atoms with Crippen molar-refractivity contribution in [2.24, 2.45) is 0 Å². The van der Waals surface area contributed by atoms with Crippen molar-refractivity contribution in [2.75, 3.05) is 7.11 Å². The third-order valence-electron chi connectivity index (χ3n) is 2.57. The second kappa shape index (κ2) is 5.91. The lowest BCUT2D eigenvalue weighted by Gasteiger charge is -2.07. The van der Waals surface area contributed by atoms with Gasteiger partial charge in [-0.25, -0.2) is 4.79 Å². The van der Waals surface area contributed by atoms with E-state index in [1.807, 2.05) is 6.07 Å². The molecular formula is C15H14O4. The first-order valence-electron chi connectivity index (χ1n) is 5.78. The number of phenolic OH excluding ortho intramolecular Hbond substituents is 1. The first-order valence-corrected chi connectivity index (χ1v) is 5.78. The second-order valence-electron chi connectivity index (χ2n) is 3.98. The molecule has 0 aliphatic rings. The highest BCUT2D eigenvalue weighted by molar-refractivity contribution is 5.89. The van der Waals surface area contributed by atoms with E-state index in [4.69, 9.17) is 4.74 Å². The average molecular weight is 258 g/mol. The molecule has 0 saturated carbocycles. The molecule has 2 aromatic carbocycles. The van der Waals surface area contributed by atoms with Crippen LogP contribution in [-0.4, -0.2) is 18.2 Å². The summed E-state index contributed by atoms with van der Waals surface area (Å²) in [6.45, 7) is 0.318. The number of benzene rings is 2. The van der Waals surface area contributed by atoms with Crippen molar-refractivity contribution in [3.05, 3.63) is 59.7 Å². The van der Waals surface area contributed by atoms with Crippen LogP contribution in [0.3, 0.4) is 0 Å². The Balaban J connectivity index is 2.05. The number of carbonyl (C=O) groups excluding carboxylic acids is 1. The highest BCUT2D eigenvalue weighted by atomic mass is 16.5. The minimum absolute atomic E-state index is 0.199. The van der Waals surface area contributed by atoms with Gasteiger partial charge < -0.3 is 14.6 Å². The number of carbonyl (C=O) groups is 1. The number of phenols is 1. The Labute approximate surface area is 111 Å². The number of methoxy groups -OCH3 is 1. The Morgan fingerprint density at radius 2 is 1.95 bits per heavy atom. The van der Waals surface area contributed by atoms with Crippen LogP contribution in [0.2, 0.25) is 0 Å². The molecule has 0 aliphatic carbocycles. The third kappa shape index (κ3) is 3.48. The van der Waals surface area contributed by atoms with Crippen molar-refractivity contribution in [1.29, 1.82) is 0 Å². The number of hydrogen-bond donors (Lipinski definition) is 1. The van der Waals surface area contributed by atoms with Gasteiger partial charge in [-0.3, -0.25) is 0 Å². The molecular weight excluding hydrogens is 244 g/mol. The van der Waals surface area contributed by atoms with Crippen LogP contribution >= 0.6 is 0 Å². The van der Waals surface area contributed by atoms with Gasteiger partial charge in [-0.05, 0) is 35.9 Å². The van der Waals surface area contributed by atoms with E-state index in [0.29, 0.717) is 17.9 Å². The maximum absolute atomic E-state index is 11.4. The van der Waals surface area contributed by atoms with Crippen molar-refractivity contribution in [2.45, 2.75) is 6.61 Å². The molecule has 0 aliphatic heterocycles. The predicted octanol–water partition coefficient (Wildman–Crippen LogP) is 2.76. The van der Waals surface area contributed by atoms with Gasteiger partial charge in [0.1, 0.15) is 18.1 Å². The topological polar surface area (TPSA) is 55.8 Å². The van der Waals surface area contributed by atoms with Gasteiger partial charge in [-0.2, -0.15) is 0 Å². The van der Waals surface area contributed by atoms with E-state index in [1.165, 1.54) is 7.11 Å². The lowest BCUT2D eigenvalue weighted by Crippen LogP contribution is -2.02. The first kappa shape index (κ1) is 13.0. The molecule has 2 rings (SSSR count). The average Bonchev–Trinajstić information content (AvgIpc) is 2.45. The number of aromatic hydroxyl groups is 1. The molecule has 0 bridgehead atoms. The molecule has 0 spiro atoms. The summed E-state index contributed by atoms with van der Waals surface area (Å²) in [6.07, 6.45) is 0. The Kier molecular flexibility index (Phi) is 4.03. The molecule has 0 amide bonds. The second-order valence-corrected chi connectivity index (χ2v) is 3.98. The van der Waals surface area contributed by atoms with Gasteiger partial charge in [0.2, 0.25) is 0 Å². The van der Waals surface area contributed by atoms with Gasteiger partial charge in [0, 0.05) is 0 Å². The fourth-order valence-electron chi connectivity index (χ4n) is 1.64. The SMILES string of the molecule is COC(=O)c1cccc(OCc2cccc(O)c2)c1. The normalized spacial score (nSPS) is 9.95. The molecule has 0 aromatic heterocycles. The summed E-state index contributed by atoms with van der Waals surface area (Å²) in [5.74, 6) is 0.374. The molecule has 0 fully saturated rings. The Hall–Kier alpha value is -2.49. The highest BCUT2D eigenvalue weighted by Gasteiger charge is 2.06. The molecule has 1 N–H and O–H groups in total. The van der Waals surface area contributed by atoms with Gasteiger partial charge >= 0.3 is 5.97 Å². The van der Waals surface area contributed by atoms with Crippen LogP contribution in [0.25, 0.3) is 0 Å². The van der Waals surface area contributed by atoms with E-state index >= 15 is 0 Å². The van der Waals surface area contributed by atoms with Gasteiger partial charge in [0.05, 0.1) is 12.7 Å². The Bertz CT molecular complexity index is 578. The van der Waals surface area contributed by atoms with E-state index in [1.54, 1.807) is 42.5 Å². The molecule has 0 radical (unpaired) electrons. The summed E-state index contributed by atoms with van der Waals surface area (Å²) in [5, 5.41) is 9.34. The van der Waals surface area contributed by atoms with E-state index in [2.05, 4.69) is 4.74 Å². The fraction of sp³-hybridized carbons (Fsp3) is 0.133. The predicted molar refractivity (Wildman–Crippen MR) is 70.2 cm³/mol. The van der Waals surface area contributed by atoms with E-state index < -0.39 is 5.97 Å². The lowest BCUT2D eigenvalue weighted by atomic mass is 10.2. The quantitative estimate of drug-likeness (QED) is 0.857. The van der Waals surface area contributed by atoms with E-state index in [-0.39, 0.29) is 5.75 Å². The van der Waals surface area contributed by atoms with Gasteiger partial charge in [0.15, 0.2) is 0 Å². The van der Waals surface area contributed by atoms with Crippen LogP contribution in [0.1, 0.15) is 15.9 Å². The molecule has 0 saturated heterocycles. The van der Waals surface area contributed by atoms with Gasteiger partial charge in [-0.15, -0.1) is 0 Å². The number of rotatable bonds is 4. The molecule has 0 heterocycles. The summed E-state index contributed by atoms with van der Waals surface area (Å²) in [4.78, 5) is 11.4. The number of esters is 1. The summed E-state index contributed by atoms with van der Waals surface area (Å²) in [7, 11) is 1.34. The minimum atomic E-state index is -0.400. The van der Waals surface area contributed by atoms with Crippen LogP contribution in [0.15, 0.2) is 48.5 Å². The van der Waals surface area contributed by atoms with Crippen molar-refractivity contribution in [1.82, 2.24) is 0 Å². The van der Waals surface area contributed by atoms with Gasteiger partial charge in [0.25, 0.3) is 0 Å². The van der Waals surface area contributed by atoms with Crippen LogP contribution in [0.5, 0.6) is 11.5 Å². The van der Waals surface area contributed by atoms with Gasteiger partial charge in [-0.1, -0.05) is 18.2 Å². The minimum Gasteiger partial charge on any atom is -0.508 e. The van der Waals surface area contributed by atoms with Crippen molar-refractivity contribution < 1.29 is 19.4 Å².